The van der Waals surface area contributed by atoms with Gasteiger partial charge in [0.25, 0.3) is 11.8 Å². The fourth-order valence-electron chi connectivity index (χ4n) is 3.57. The minimum absolute atomic E-state index is 0.0198. The van der Waals surface area contributed by atoms with E-state index in [9.17, 15) is 9.59 Å². The minimum Gasteiger partial charge on any atom is -0.348 e. The van der Waals surface area contributed by atoms with E-state index < -0.39 is 0 Å². The first kappa shape index (κ1) is 17.0. The van der Waals surface area contributed by atoms with Gasteiger partial charge in [-0.25, -0.2) is 4.98 Å². The summed E-state index contributed by atoms with van der Waals surface area (Å²) in [5.41, 5.74) is 1.37. The lowest BCUT2D eigenvalue weighted by molar-refractivity contribution is 0.0678. The van der Waals surface area contributed by atoms with Gasteiger partial charge in [-0.3, -0.25) is 9.59 Å². The fraction of sp³-hybridized carbons (Fsp3) is 0.722. The van der Waals surface area contributed by atoms with Crippen LogP contribution in [-0.4, -0.2) is 45.4 Å². The van der Waals surface area contributed by atoms with Crippen molar-refractivity contribution in [2.24, 2.45) is 5.92 Å². The average molecular weight is 332 g/mol. The molecule has 1 N–H and O–H groups in total. The lowest BCUT2D eigenvalue weighted by atomic mass is 9.99. The highest BCUT2D eigenvalue weighted by Gasteiger charge is 2.31. The van der Waals surface area contributed by atoms with Gasteiger partial charge in [-0.05, 0) is 51.9 Å². The monoisotopic (exact) mass is 332 g/mol. The molecule has 1 fully saturated rings. The quantitative estimate of drug-likeness (QED) is 0.923. The maximum atomic E-state index is 12.9. The van der Waals surface area contributed by atoms with Crippen LogP contribution >= 0.6 is 0 Å². The van der Waals surface area contributed by atoms with Crippen molar-refractivity contribution in [3.8, 4) is 0 Å². The SMILES string of the molecule is CC1CCN(C(=O)c2nc(C(=O)NC(C)C)c3n2CCCC3)CC1. The molecular formula is C18H28N4O2. The first-order valence-electron chi connectivity index (χ1n) is 9.17. The summed E-state index contributed by atoms with van der Waals surface area (Å²) in [6.45, 7) is 8.45. The van der Waals surface area contributed by atoms with Crippen molar-refractivity contribution in [3.63, 3.8) is 0 Å². The van der Waals surface area contributed by atoms with E-state index in [1.165, 1.54) is 0 Å². The van der Waals surface area contributed by atoms with Gasteiger partial charge in [0, 0.05) is 25.7 Å². The van der Waals surface area contributed by atoms with E-state index in [2.05, 4.69) is 17.2 Å². The summed E-state index contributed by atoms with van der Waals surface area (Å²) in [6, 6.07) is 0.0566. The zero-order valence-corrected chi connectivity index (χ0v) is 15.0. The molecule has 0 radical (unpaired) electrons. The van der Waals surface area contributed by atoms with Gasteiger partial charge >= 0.3 is 0 Å². The summed E-state index contributed by atoms with van der Waals surface area (Å²) in [5, 5.41) is 2.91. The van der Waals surface area contributed by atoms with Gasteiger partial charge in [0.2, 0.25) is 0 Å². The molecule has 6 nitrogen and oxygen atoms in total. The van der Waals surface area contributed by atoms with E-state index in [4.69, 9.17) is 0 Å². The number of carbonyl (C=O) groups is 2. The smallest absolute Gasteiger partial charge is 0.289 e. The van der Waals surface area contributed by atoms with Gasteiger partial charge in [0.1, 0.15) is 5.69 Å². The molecule has 2 aliphatic heterocycles. The Balaban J connectivity index is 1.89. The molecule has 2 amide bonds. The fourth-order valence-corrected chi connectivity index (χ4v) is 3.57. The van der Waals surface area contributed by atoms with Crippen LogP contribution in [0.3, 0.4) is 0 Å². The zero-order valence-electron chi connectivity index (χ0n) is 15.0. The van der Waals surface area contributed by atoms with Crippen LogP contribution in [0, 0.1) is 5.92 Å². The number of hydrogen-bond acceptors (Lipinski definition) is 3. The highest BCUT2D eigenvalue weighted by Crippen LogP contribution is 2.24. The number of fused-ring (bicyclic) bond motifs is 1. The minimum atomic E-state index is -0.165. The highest BCUT2D eigenvalue weighted by molar-refractivity contribution is 5.97. The van der Waals surface area contributed by atoms with E-state index in [1.807, 2.05) is 23.3 Å². The van der Waals surface area contributed by atoms with Crippen LogP contribution in [0.4, 0.5) is 0 Å². The topological polar surface area (TPSA) is 67.2 Å². The Morgan fingerprint density at radius 1 is 1.17 bits per heavy atom. The molecule has 0 saturated carbocycles. The standard InChI is InChI=1S/C18H28N4O2/c1-12(2)19-17(23)15-14-6-4-5-9-22(14)16(20-15)18(24)21-10-7-13(3)8-11-21/h12-13H,4-11H2,1-3H3,(H,19,23). The second kappa shape index (κ2) is 6.95. The van der Waals surface area contributed by atoms with Gasteiger partial charge < -0.3 is 14.8 Å². The van der Waals surface area contributed by atoms with Crippen molar-refractivity contribution in [2.75, 3.05) is 13.1 Å². The average Bonchev–Trinajstić information content (AvgIpc) is 2.94. The molecule has 6 heteroatoms. The number of aromatic nitrogens is 2. The molecule has 1 aromatic heterocycles. The van der Waals surface area contributed by atoms with Gasteiger partial charge in [-0.2, -0.15) is 0 Å². The molecule has 2 aliphatic rings. The third-order valence-corrected chi connectivity index (χ3v) is 5.01. The molecular weight excluding hydrogens is 304 g/mol. The van der Waals surface area contributed by atoms with Crippen molar-refractivity contribution in [3.05, 3.63) is 17.2 Å². The van der Waals surface area contributed by atoms with E-state index in [1.54, 1.807) is 0 Å². The van der Waals surface area contributed by atoms with Crippen LogP contribution in [0.15, 0.2) is 0 Å². The van der Waals surface area contributed by atoms with Crippen LogP contribution in [0.2, 0.25) is 0 Å². The van der Waals surface area contributed by atoms with Crippen LogP contribution in [0.25, 0.3) is 0 Å². The summed E-state index contributed by atoms with van der Waals surface area (Å²) in [6.07, 6.45) is 4.98. The van der Waals surface area contributed by atoms with Crippen LogP contribution < -0.4 is 5.32 Å². The predicted molar refractivity (Wildman–Crippen MR) is 92.1 cm³/mol. The summed E-state index contributed by atoms with van der Waals surface area (Å²) >= 11 is 0. The van der Waals surface area contributed by atoms with E-state index >= 15 is 0 Å². The Morgan fingerprint density at radius 2 is 1.88 bits per heavy atom. The number of likely N-dealkylation sites (tertiary alicyclic amines) is 1. The lowest BCUT2D eigenvalue weighted by Crippen LogP contribution is -2.39. The molecule has 24 heavy (non-hydrogen) atoms. The number of imidazole rings is 1. The second-order valence-electron chi connectivity index (χ2n) is 7.44. The Labute approximate surface area is 143 Å². The molecule has 0 unspecified atom stereocenters. The normalized spacial score (nSPS) is 18.6. The van der Waals surface area contributed by atoms with Gasteiger partial charge in [-0.1, -0.05) is 6.92 Å². The van der Waals surface area contributed by atoms with Crippen LogP contribution in [0.1, 0.15) is 73.3 Å². The third-order valence-electron chi connectivity index (χ3n) is 5.01. The first-order chi connectivity index (χ1) is 11.5. The maximum Gasteiger partial charge on any atom is 0.289 e. The molecule has 3 rings (SSSR count). The van der Waals surface area contributed by atoms with Crippen molar-refractivity contribution in [1.82, 2.24) is 19.8 Å². The number of amides is 2. The summed E-state index contributed by atoms with van der Waals surface area (Å²) < 4.78 is 1.99. The molecule has 0 bridgehead atoms. The number of nitrogens with one attached hydrogen (secondary N) is 1. The van der Waals surface area contributed by atoms with E-state index in [0.29, 0.717) is 17.4 Å². The molecule has 0 atom stereocenters. The molecule has 0 aromatic carbocycles. The van der Waals surface area contributed by atoms with Gasteiger partial charge in [0.15, 0.2) is 5.82 Å². The Kier molecular flexibility index (Phi) is 4.92. The number of nitrogens with zero attached hydrogens (tertiary/aromatic N) is 3. The number of rotatable bonds is 3. The largest absolute Gasteiger partial charge is 0.348 e. The molecule has 0 spiro atoms. The van der Waals surface area contributed by atoms with Gasteiger partial charge in [0.05, 0.1) is 5.69 Å². The predicted octanol–water partition coefficient (Wildman–Crippen LogP) is 2.23. The Bertz CT molecular complexity index is 627. The number of carbonyl (C=O) groups excluding carboxylic acids is 2. The zero-order chi connectivity index (χ0) is 17.3. The van der Waals surface area contributed by atoms with E-state index in [0.717, 1.165) is 57.4 Å². The summed E-state index contributed by atoms with van der Waals surface area (Å²) in [7, 11) is 0. The molecule has 1 aromatic rings. The number of hydrogen-bond donors (Lipinski definition) is 1. The second-order valence-corrected chi connectivity index (χ2v) is 7.44. The maximum absolute atomic E-state index is 12.9. The molecule has 132 valence electrons. The lowest BCUT2D eigenvalue weighted by Gasteiger charge is -2.30. The summed E-state index contributed by atoms with van der Waals surface area (Å²) in [4.78, 5) is 31.8. The molecule has 1 saturated heterocycles. The van der Waals surface area contributed by atoms with Crippen molar-refractivity contribution >= 4 is 11.8 Å². The summed E-state index contributed by atoms with van der Waals surface area (Å²) in [5.74, 6) is 0.944. The van der Waals surface area contributed by atoms with Crippen LogP contribution in [-0.2, 0) is 13.0 Å². The molecule has 0 aliphatic carbocycles. The Hall–Kier alpha value is -1.85. The van der Waals surface area contributed by atoms with Gasteiger partial charge in [-0.15, -0.1) is 0 Å². The van der Waals surface area contributed by atoms with Crippen molar-refractivity contribution < 1.29 is 9.59 Å². The van der Waals surface area contributed by atoms with Crippen molar-refractivity contribution in [1.29, 1.82) is 0 Å². The van der Waals surface area contributed by atoms with Crippen LogP contribution in [0.5, 0.6) is 0 Å². The first-order valence-corrected chi connectivity index (χ1v) is 9.17. The van der Waals surface area contributed by atoms with E-state index in [-0.39, 0.29) is 17.9 Å². The third kappa shape index (κ3) is 3.32. The molecule has 3 heterocycles. The Morgan fingerprint density at radius 3 is 2.54 bits per heavy atom. The highest BCUT2D eigenvalue weighted by atomic mass is 16.2. The van der Waals surface area contributed by atoms with Crippen molar-refractivity contribution in [2.45, 2.75) is 65.5 Å². The number of piperidine rings is 1.